The average molecular weight is 409 g/mol. The third kappa shape index (κ3) is 4.92. The van der Waals surface area contributed by atoms with Crippen molar-refractivity contribution in [1.29, 1.82) is 0 Å². The Labute approximate surface area is 162 Å². The Bertz CT molecular complexity index is 964. The van der Waals surface area contributed by atoms with Gasteiger partial charge in [0, 0.05) is 36.6 Å². The summed E-state index contributed by atoms with van der Waals surface area (Å²) in [5, 5.41) is 26.6. The highest BCUT2D eigenvalue weighted by atomic mass is 35.5. The molecule has 12 heteroatoms. The second-order valence-corrected chi connectivity index (χ2v) is 5.69. The van der Waals surface area contributed by atoms with Crippen LogP contribution in [0.15, 0.2) is 36.4 Å². The molecule has 0 aliphatic heterocycles. The number of amides is 1. The first kappa shape index (κ1) is 20.6. The quantitative estimate of drug-likeness (QED) is 0.402. The summed E-state index contributed by atoms with van der Waals surface area (Å²) in [4.78, 5) is 44.4. The van der Waals surface area contributed by atoms with Crippen LogP contribution in [-0.2, 0) is 9.53 Å². The SMILES string of the molecule is CNc1ccc([N+](=O)[O-])cc1C(=O)OCC(=O)Nc1ccc(Cl)c([N+](=O)[O-])c1. The van der Waals surface area contributed by atoms with Crippen molar-refractivity contribution < 1.29 is 24.2 Å². The highest BCUT2D eigenvalue weighted by Crippen LogP contribution is 2.27. The van der Waals surface area contributed by atoms with Crippen molar-refractivity contribution in [1.82, 2.24) is 0 Å². The molecule has 0 bridgehead atoms. The van der Waals surface area contributed by atoms with Gasteiger partial charge in [-0.3, -0.25) is 25.0 Å². The van der Waals surface area contributed by atoms with Gasteiger partial charge >= 0.3 is 5.97 Å². The van der Waals surface area contributed by atoms with Gasteiger partial charge < -0.3 is 15.4 Å². The fourth-order valence-corrected chi connectivity index (χ4v) is 2.36. The number of carbonyl (C=O) groups is 2. The zero-order chi connectivity index (χ0) is 20.8. The second-order valence-electron chi connectivity index (χ2n) is 5.28. The second kappa shape index (κ2) is 8.77. The van der Waals surface area contributed by atoms with E-state index in [1.807, 2.05) is 0 Å². The summed E-state index contributed by atoms with van der Waals surface area (Å²) in [6, 6.07) is 7.21. The summed E-state index contributed by atoms with van der Waals surface area (Å²) < 4.78 is 4.87. The van der Waals surface area contributed by atoms with Crippen LogP contribution in [0.4, 0.5) is 22.7 Å². The lowest BCUT2D eigenvalue weighted by Crippen LogP contribution is -2.21. The van der Waals surface area contributed by atoms with Crippen LogP contribution < -0.4 is 10.6 Å². The van der Waals surface area contributed by atoms with Crippen LogP contribution in [0.3, 0.4) is 0 Å². The summed E-state index contributed by atoms with van der Waals surface area (Å²) in [7, 11) is 1.51. The van der Waals surface area contributed by atoms with Crippen LogP contribution >= 0.6 is 11.6 Å². The van der Waals surface area contributed by atoms with Crippen molar-refractivity contribution in [2.24, 2.45) is 0 Å². The molecule has 2 rings (SSSR count). The van der Waals surface area contributed by atoms with Crippen molar-refractivity contribution >= 4 is 46.2 Å². The van der Waals surface area contributed by atoms with Gasteiger partial charge in [0.25, 0.3) is 17.3 Å². The summed E-state index contributed by atoms with van der Waals surface area (Å²) in [5.41, 5.74) is -0.463. The number of nitro benzene ring substituents is 2. The molecule has 0 radical (unpaired) electrons. The molecular formula is C16H13ClN4O7. The Kier molecular flexibility index (Phi) is 6.45. The van der Waals surface area contributed by atoms with E-state index in [0.29, 0.717) is 0 Å². The van der Waals surface area contributed by atoms with Gasteiger partial charge in [-0.15, -0.1) is 0 Å². The van der Waals surface area contributed by atoms with E-state index in [0.717, 1.165) is 12.1 Å². The van der Waals surface area contributed by atoms with Crippen molar-refractivity contribution in [2.45, 2.75) is 0 Å². The number of hydrogen-bond donors (Lipinski definition) is 2. The molecule has 2 aromatic carbocycles. The van der Waals surface area contributed by atoms with E-state index in [2.05, 4.69) is 10.6 Å². The molecule has 2 N–H and O–H groups in total. The Hall–Kier alpha value is -3.73. The maximum atomic E-state index is 12.2. The number of ether oxygens (including phenoxy) is 1. The molecule has 0 aliphatic carbocycles. The summed E-state index contributed by atoms with van der Waals surface area (Å²) >= 11 is 5.68. The Morgan fingerprint density at radius 1 is 1.11 bits per heavy atom. The van der Waals surface area contributed by atoms with Crippen LogP contribution in [0.25, 0.3) is 0 Å². The lowest BCUT2D eigenvalue weighted by atomic mass is 10.1. The normalized spacial score (nSPS) is 10.1. The summed E-state index contributed by atoms with van der Waals surface area (Å²) in [5.74, 6) is -1.72. The monoisotopic (exact) mass is 408 g/mol. The molecule has 0 saturated heterocycles. The zero-order valence-corrected chi connectivity index (χ0v) is 15.1. The number of hydrogen-bond acceptors (Lipinski definition) is 8. The first-order valence-corrected chi connectivity index (χ1v) is 7.98. The molecule has 28 heavy (non-hydrogen) atoms. The van der Waals surface area contributed by atoms with Crippen LogP contribution in [0.1, 0.15) is 10.4 Å². The third-order valence-electron chi connectivity index (χ3n) is 3.46. The van der Waals surface area contributed by atoms with Gasteiger partial charge in [0.1, 0.15) is 5.02 Å². The van der Waals surface area contributed by atoms with Gasteiger partial charge in [0.2, 0.25) is 0 Å². The van der Waals surface area contributed by atoms with Crippen molar-refractivity contribution in [3.05, 3.63) is 67.2 Å². The number of esters is 1. The molecule has 0 spiro atoms. The van der Waals surface area contributed by atoms with Crippen LogP contribution in [0.2, 0.25) is 5.02 Å². The average Bonchev–Trinajstić information content (AvgIpc) is 2.66. The predicted molar refractivity (Wildman–Crippen MR) is 99.7 cm³/mol. The summed E-state index contributed by atoms with van der Waals surface area (Å²) in [6.45, 7) is -0.707. The predicted octanol–water partition coefficient (Wildman–Crippen LogP) is 2.99. The number of non-ortho nitro benzene ring substituents is 1. The van der Waals surface area contributed by atoms with E-state index in [-0.39, 0.29) is 27.6 Å². The maximum Gasteiger partial charge on any atom is 0.341 e. The van der Waals surface area contributed by atoms with E-state index in [9.17, 15) is 29.8 Å². The Morgan fingerprint density at radius 2 is 1.82 bits per heavy atom. The van der Waals surface area contributed by atoms with Gasteiger partial charge in [-0.2, -0.15) is 0 Å². The Balaban J connectivity index is 2.06. The van der Waals surface area contributed by atoms with Crippen molar-refractivity contribution in [3.63, 3.8) is 0 Å². The standard InChI is InChI=1S/C16H13ClN4O7/c1-18-13-5-3-10(20(24)25)7-11(13)16(23)28-8-15(22)19-9-2-4-12(17)14(6-9)21(26)27/h2-7,18H,8H2,1H3,(H,19,22). The molecule has 0 fully saturated rings. The summed E-state index contributed by atoms with van der Waals surface area (Å²) in [6.07, 6.45) is 0. The molecule has 0 unspecified atom stereocenters. The molecular weight excluding hydrogens is 396 g/mol. The maximum absolute atomic E-state index is 12.2. The molecule has 0 saturated carbocycles. The minimum Gasteiger partial charge on any atom is -0.452 e. The van der Waals surface area contributed by atoms with Crippen molar-refractivity contribution in [3.8, 4) is 0 Å². The minimum atomic E-state index is -0.953. The van der Waals surface area contributed by atoms with Gasteiger partial charge in [-0.1, -0.05) is 11.6 Å². The highest BCUT2D eigenvalue weighted by molar-refractivity contribution is 6.32. The van der Waals surface area contributed by atoms with Gasteiger partial charge in [0.15, 0.2) is 6.61 Å². The molecule has 0 heterocycles. The smallest absolute Gasteiger partial charge is 0.341 e. The van der Waals surface area contributed by atoms with Crippen molar-refractivity contribution in [2.75, 3.05) is 24.3 Å². The fourth-order valence-electron chi connectivity index (χ4n) is 2.17. The van der Waals surface area contributed by atoms with Crippen LogP contribution in [-0.4, -0.2) is 35.4 Å². The van der Waals surface area contributed by atoms with E-state index < -0.39 is 34.0 Å². The van der Waals surface area contributed by atoms with E-state index in [4.69, 9.17) is 16.3 Å². The number of nitrogens with zero attached hydrogens (tertiary/aromatic N) is 2. The van der Waals surface area contributed by atoms with Gasteiger partial charge in [0.05, 0.1) is 15.4 Å². The molecule has 0 aromatic heterocycles. The number of anilines is 2. The van der Waals surface area contributed by atoms with Crippen LogP contribution in [0, 0.1) is 20.2 Å². The number of halogens is 1. The lowest BCUT2D eigenvalue weighted by Gasteiger charge is -2.10. The van der Waals surface area contributed by atoms with Crippen LogP contribution in [0.5, 0.6) is 0 Å². The van der Waals surface area contributed by atoms with Gasteiger partial charge in [-0.05, 0) is 18.2 Å². The minimum absolute atomic E-state index is 0.0865. The number of carbonyl (C=O) groups excluding carboxylic acids is 2. The lowest BCUT2D eigenvalue weighted by molar-refractivity contribution is -0.385. The molecule has 146 valence electrons. The third-order valence-corrected chi connectivity index (χ3v) is 3.78. The first-order valence-electron chi connectivity index (χ1n) is 7.60. The molecule has 0 atom stereocenters. The number of benzene rings is 2. The Morgan fingerprint density at radius 3 is 2.43 bits per heavy atom. The topological polar surface area (TPSA) is 154 Å². The van der Waals surface area contributed by atoms with Gasteiger partial charge in [-0.25, -0.2) is 4.79 Å². The molecule has 1 amide bonds. The number of nitrogens with one attached hydrogen (secondary N) is 2. The fraction of sp³-hybridized carbons (Fsp3) is 0.125. The van der Waals surface area contributed by atoms with E-state index in [1.165, 1.54) is 31.3 Å². The highest BCUT2D eigenvalue weighted by Gasteiger charge is 2.19. The molecule has 11 nitrogen and oxygen atoms in total. The van der Waals surface area contributed by atoms with E-state index >= 15 is 0 Å². The first-order chi connectivity index (χ1) is 13.2. The number of rotatable bonds is 7. The largest absolute Gasteiger partial charge is 0.452 e. The number of nitro groups is 2. The van der Waals surface area contributed by atoms with E-state index in [1.54, 1.807) is 0 Å². The molecule has 0 aliphatic rings. The molecule has 2 aromatic rings. The zero-order valence-electron chi connectivity index (χ0n) is 14.3.